The van der Waals surface area contributed by atoms with Crippen LogP contribution in [0.2, 0.25) is 0 Å². The van der Waals surface area contributed by atoms with Gasteiger partial charge in [-0.25, -0.2) is 22.6 Å². The van der Waals surface area contributed by atoms with E-state index < -0.39 is 20.8 Å². The number of carbonyl (C=O) groups is 1. The Morgan fingerprint density at radius 1 is 1.26 bits per heavy atom. The molecule has 1 saturated heterocycles. The first-order valence-electron chi connectivity index (χ1n) is 11.3. The normalized spacial score (nSPS) is 18.3. The molecule has 0 spiro atoms. The van der Waals surface area contributed by atoms with Crippen LogP contribution in [-0.2, 0) is 13.8 Å². The fourth-order valence-corrected chi connectivity index (χ4v) is 4.45. The fourth-order valence-electron chi connectivity index (χ4n) is 3.77. The van der Waals surface area contributed by atoms with Crippen molar-refractivity contribution in [3.63, 3.8) is 0 Å². The maximum Gasteiger partial charge on any atom is 0.410 e. The number of nitrogens with zero attached hydrogens (tertiary/aromatic N) is 3. The lowest BCUT2D eigenvalue weighted by molar-refractivity contribution is -0.00315. The summed E-state index contributed by atoms with van der Waals surface area (Å²) in [4.78, 5) is 20.3. The van der Waals surface area contributed by atoms with Crippen LogP contribution < -0.4 is 4.74 Å². The Labute approximate surface area is 210 Å². The molecule has 1 amide bonds. The molecule has 0 N–H and O–H groups in total. The van der Waals surface area contributed by atoms with Gasteiger partial charge < -0.3 is 14.4 Å². The summed E-state index contributed by atoms with van der Waals surface area (Å²) in [7, 11) is 1.45. The number of pyridine rings is 1. The number of carbonyl (C=O) groups excluding carboxylic acids is 1. The summed E-state index contributed by atoms with van der Waals surface area (Å²) in [5.74, 6) is -0.170. The van der Waals surface area contributed by atoms with E-state index in [1.807, 2.05) is 27.7 Å². The largest absolute Gasteiger partial charge is 0.468 e. The topological polar surface area (TPSA) is 89.0 Å². The van der Waals surface area contributed by atoms with E-state index >= 15 is 0 Å². The smallest absolute Gasteiger partial charge is 0.410 e. The standard InChI is InChI=1S/C24H31ClFN3O5S/c1-16-6-7-18(12-20(16)26)21(33-22-9-8-19(13-27-22)35(25,31)32)15-28-10-11-29(17(2)14-28)23(30)34-24(3,4)5/h6-9,12-13,17,21H,10-11,14-15H2,1-5H3/t17-,21?/m1/s1. The van der Waals surface area contributed by atoms with Crippen molar-refractivity contribution in [1.29, 1.82) is 0 Å². The summed E-state index contributed by atoms with van der Waals surface area (Å²) in [6, 6.07) is 7.52. The summed E-state index contributed by atoms with van der Waals surface area (Å²) in [5, 5.41) is 0. The van der Waals surface area contributed by atoms with Gasteiger partial charge in [-0.1, -0.05) is 12.1 Å². The summed E-state index contributed by atoms with van der Waals surface area (Å²) in [6.45, 7) is 11.2. The van der Waals surface area contributed by atoms with E-state index in [0.717, 1.165) is 6.20 Å². The van der Waals surface area contributed by atoms with Gasteiger partial charge in [0.05, 0.1) is 6.20 Å². The minimum absolute atomic E-state index is 0.0969. The van der Waals surface area contributed by atoms with Crippen molar-refractivity contribution in [3.05, 3.63) is 53.5 Å². The zero-order valence-corrected chi connectivity index (χ0v) is 22.1. The molecule has 1 aromatic heterocycles. The van der Waals surface area contributed by atoms with Crippen molar-refractivity contribution in [1.82, 2.24) is 14.8 Å². The number of aryl methyl sites for hydroxylation is 1. The van der Waals surface area contributed by atoms with Crippen LogP contribution in [-0.4, -0.2) is 67.1 Å². The highest BCUT2D eigenvalue weighted by atomic mass is 35.7. The second kappa shape index (κ2) is 10.7. The predicted octanol–water partition coefficient (Wildman–Crippen LogP) is 4.52. The van der Waals surface area contributed by atoms with Crippen LogP contribution in [0, 0.1) is 12.7 Å². The molecular weight excluding hydrogens is 497 g/mol. The van der Waals surface area contributed by atoms with Crippen molar-refractivity contribution < 1.29 is 27.1 Å². The quantitative estimate of drug-likeness (QED) is 0.510. The van der Waals surface area contributed by atoms with Crippen molar-refractivity contribution in [2.24, 2.45) is 0 Å². The lowest BCUT2D eigenvalue weighted by Crippen LogP contribution is -2.55. The van der Waals surface area contributed by atoms with E-state index in [2.05, 4.69) is 9.88 Å². The molecule has 192 valence electrons. The molecule has 0 saturated carbocycles. The number of rotatable bonds is 6. The van der Waals surface area contributed by atoms with E-state index in [4.69, 9.17) is 20.2 Å². The Bertz CT molecular complexity index is 1150. The molecule has 8 nitrogen and oxygen atoms in total. The van der Waals surface area contributed by atoms with E-state index in [9.17, 15) is 17.6 Å². The predicted molar refractivity (Wildman–Crippen MR) is 131 cm³/mol. The Kier molecular flexibility index (Phi) is 8.28. The van der Waals surface area contributed by atoms with Crippen molar-refractivity contribution in [2.45, 2.75) is 57.3 Å². The summed E-state index contributed by atoms with van der Waals surface area (Å²) < 4.78 is 48.9. The van der Waals surface area contributed by atoms with Gasteiger partial charge in [-0.15, -0.1) is 0 Å². The number of ether oxygens (including phenoxy) is 2. The second-order valence-electron chi connectivity index (χ2n) is 9.67. The van der Waals surface area contributed by atoms with Crippen LogP contribution in [0.4, 0.5) is 9.18 Å². The van der Waals surface area contributed by atoms with Gasteiger partial charge in [0.2, 0.25) is 5.88 Å². The van der Waals surface area contributed by atoms with Crippen LogP contribution in [0.1, 0.15) is 44.9 Å². The van der Waals surface area contributed by atoms with Crippen LogP contribution in [0.3, 0.4) is 0 Å². The molecule has 3 rings (SSSR count). The van der Waals surface area contributed by atoms with Gasteiger partial charge in [0.15, 0.2) is 0 Å². The van der Waals surface area contributed by atoms with E-state index in [1.54, 1.807) is 24.0 Å². The minimum atomic E-state index is -3.91. The molecule has 0 aliphatic carbocycles. The van der Waals surface area contributed by atoms with Crippen molar-refractivity contribution in [3.8, 4) is 5.88 Å². The Morgan fingerprint density at radius 3 is 2.51 bits per heavy atom. The van der Waals surface area contributed by atoms with Gasteiger partial charge >= 0.3 is 6.09 Å². The number of benzene rings is 1. The number of hydrogen-bond acceptors (Lipinski definition) is 7. The lowest BCUT2D eigenvalue weighted by Gasteiger charge is -2.41. The average Bonchev–Trinajstić information content (AvgIpc) is 2.74. The van der Waals surface area contributed by atoms with Gasteiger partial charge in [-0.3, -0.25) is 4.90 Å². The third kappa shape index (κ3) is 7.52. The van der Waals surface area contributed by atoms with Crippen molar-refractivity contribution in [2.75, 3.05) is 26.2 Å². The van der Waals surface area contributed by atoms with E-state index in [-0.39, 0.29) is 28.7 Å². The van der Waals surface area contributed by atoms with Gasteiger partial charge in [0.1, 0.15) is 22.4 Å². The number of aromatic nitrogens is 1. The molecule has 1 aromatic carbocycles. The van der Waals surface area contributed by atoms with Gasteiger partial charge in [-0.2, -0.15) is 0 Å². The lowest BCUT2D eigenvalue weighted by atomic mass is 10.1. The summed E-state index contributed by atoms with van der Waals surface area (Å²) in [6.07, 6.45) is 0.180. The van der Waals surface area contributed by atoms with Gasteiger partial charge in [0, 0.05) is 49.0 Å². The number of halogens is 2. The molecule has 1 aliphatic heterocycles. The Morgan fingerprint density at radius 2 is 1.97 bits per heavy atom. The van der Waals surface area contributed by atoms with Crippen LogP contribution >= 0.6 is 10.7 Å². The van der Waals surface area contributed by atoms with Crippen LogP contribution in [0.15, 0.2) is 41.4 Å². The maximum absolute atomic E-state index is 14.4. The Hall–Kier alpha value is -2.43. The highest BCUT2D eigenvalue weighted by Gasteiger charge is 2.32. The number of amides is 1. The van der Waals surface area contributed by atoms with Crippen molar-refractivity contribution >= 4 is 25.8 Å². The Balaban J connectivity index is 1.76. The molecule has 0 radical (unpaired) electrons. The van der Waals surface area contributed by atoms with E-state index in [0.29, 0.717) is 37.3 Å². The molecule has 1 aliphatic rings. The monoisotopic (exact) mass is 527 g/mol. The zero-order chi connectivity index (χ0) is 26.0. The highest BCUT2D eigenvalue weighted by Crippen LogP contribution is 2.26. The van der Waals surface area contributed by atoms with Crippen LogP contribution in [0.5, 0.6) is 5.88 Å². The third-order valence-electron chi connectivity index (χ3n) is 5.59. The number of hydrogen-bond donors (Lipinski definition) is 0. The first kappa shape index (κ1) is 27.2. The van der Waals surface area contributed by atoms with Crippen LogP contribution in [0.25, 0.3) is 0 Å². The minimum Gasteiger partial charge on any atom is -0.468 e. The summed E-state index contributed by atoms with van der Waals surface area (Å²) >= 11 is 0. The van der Waals surface area contributed by atoms with E-state index in [1.165, 1.54) is 18.2 Å². The first-order valence-corrected chi connectivity index (χ1v) is 13.6. The van der Waals surface area contributed by atoms with Gasteiger partial charge in [-0.05, 0) is 57.9 Å². The highest BCUT2D eigenvalue weighted by molar-refractivity contribution is 8.13. The summed E-state index contributed by atoms with van der Waals surface area (Å²) in [5.41, 5.74) is 0.557. The molecule has 2 aromatic rings. The molecule has 1 unspecified atom stereocenters. The molecule has 1 fully saturated rings. The molecule has 35 heavy (non-hydrogen) atoms. The SMILES string of the molecule is Cc1ccc(C(CN2CCN(C(=O)OC(C)(C)C)[C@H](C)C2)Oc2ccc(S(=O)(=O)Cl)cn2)cc1F. The third-order valence-corrected chi connectivity index (χ3v) is 6.92. The molecular formula is C24H31ClFN3O5S. The molecule has 2 heterocycles. The first-order chi connectivity index (χ1) is 16.2. The maximum atomic E-state index is 14.4. The molecule has 2 atom stereocenters. The zero-order valence-electron chi connectivity index (χ0n) is 20.5. The molecule has 0 bridgehead atoms. The second-order valence-corrected chi connectivity index (χ2v) is 12.2. The fraction of sp³-hybridized carbons (Fsp3) is 0.500. The molecule has 11 heteroatoms. The van der Waals surface area contributed by atoms with Gasteiger partial charge in [0.25, 0.3) is 9.05 Å². The number of piperazine rings is 1. The average molecular weight is 528 g/mol.